The van der Waals surface area contributed by atoms with Gasteiger partial charge < -0.3 is 5.73 Å². The van der Waals surface area contributed by atoms with Gasteiger partial charge in [0.05, 0.1) is 0 Å². The molecule has 0 fully saturated rings. The molecule has 84 valence electrons. The monoisotopic (exact) mass is 217 g/mol. The van der Waals surface area contributed by atoms with E-state index in [1.807, 2.05) is 0 Å². The fourth-order valence-electron chi connectivity index (χ4n) is 1.54. The SMILES string of the molecule is CC(C)(CCN)c1ccc(F)c(F)c1F. The molecule has 0 heterocycles. The molecule has 0 amide bonds. The number of nitrogens with two attached hydrogens (primary N) is 1. The molecule has 1 rings (SSSR count). The first-order valence-corrected chi connectivity index (χ1v) is 4.74. The van der Waals surface area contributed by atoms with Crippen LogP contribution in [0.15, 0.2) is 12.1 Å². The molecule has 1 nitrogen and oxygen atoms in total. The highest BCUT2D eigenvalue weighted by Crippen LogP contribution is 2.30. The van der Waals surface area contributed by atoms with Crippen molar-refractivity contribution in [2.75, 3.05) is 6.54 Å². The number of rotatable bonds is 3. The average molecular weight is 217 g/mol. The van der Waals surface area contributed by atoms with Crippen LogP contribution in [0.2, 0.25) is 0 Å². The van der Waals surface area contributed by atoms with Gasteiger partial charge in [-0.15, -0.1) is 0 Å². The molecule has 0 spiro atoms. The Hall–Kier alpha value is -1.03. The Kier molecular flexibility index (Phi) is 3.39. The molecule has 15 heavy (non-hydrogen) atoms. The zero-order chi connectivity index (χ0) is 11.6. The molecule has 0 saturated carbocycles. The number of hydrogen-bond donors (Lipinski definition) is 1. The minimum absolute atomic E-state index is 0.159. The van der Waals surface area contributed by atoms with Gasteiger partial charge in [0.25, 0.3) is 0 Å². The summed E-state index contributed by atoms with van der Waals surface area (Å²) in [7, 11) is 0. The van der Waals surface area contributed by atoms with Crippen LogP contribution in [0.1, 0.15) is 25.8 Å². The summed E-state index contributed by atoms with van der Waals surface area (Å²) in [6, 6.07) is 2.20. The van der Waals surface area contributed by atoms with Crippen molar-refractivity contribution in [1.29, 1.82) is 0 Å². The van der Waals surface area contributed by atoms with Crippen LogP contribution in [-0.2, 0) is 5.41 Å². The first-order chi connectivity index (χ1) is 6.90. The van der Waals surface area contributed by atoms with Crippen LogP contribution in [0.3, 0.4) is 0 Å². The fourth-order valence-corrected chi connectivity index (χ4v) is 1.54. The highest BCUT2D eigenvalue weighted by atomic mass is 19.2. The van der Waals surface area contributed by atoms with E-state index in [0.29, 0.717) is 13.0 Å². The molecule has 0 bridgehead atoms. The standard InChI is InChI=1S/C11H14F3N/c1-11(2,5-6-15)7-3-4-8(12)10(14)9(7)13/h3-4H,5-6,15H2,1-2H3. The summed E-state index contributed by atoms with van der Waals surface area (Å²) in [6.45, 7) is 3.86. The van der Waals surface area contributed by atoms with Gasteiger partial charge in [0.1, 0.15) is 0 Å². The van der Waals surface area contributed by atoms with Gasteiger partial charge in [-0.05, 0) is 30.0 Å². The second kappa shape index (κ2) is 4.23. The highest BCUT2D eigenvalue weighted by Gasteiger charge is 2.26. The molecular weight excluding hydrogens is 203 g/mol. The van der Waals surface area contributed by atoms with E-state index >= 15 is 0 Å². The maximum atomic E-state index is 13.4. The third-order valence-corrected chi connectivity index (χ3v) is 2.53. The Bertz CT molecular complexity index is 361. The average Bonchev–Trinajstić information content (AvgIpc) is 2.13. The van der Waals surface area contributed by atoms with Crippen molar-refractivity contribution in [2.24, 2.45) is 5.73 Å². The molecule has 2 N–H and O–H groups in total. The number of hydrogen-bond acceptors (Lipinski definition) is 1. The minimum Gasteiger partial charge on any atom is -0.330 e. The first kappa shape index (κ1) is 12.0. The maximum Gasteiger partial charge on any atom is 0.194 e. The summed E-state index contributed by atoms with van der Waals surface area (Å²) >= 11 is 0. The molecule has 1 aromatic carbocycles. The summed E-state index contributed by atoms with van der Waals surface area (Å²) in [6.07, 6.45) is 0.509. The van der Waals surface area contributed by atoms with Crippen LogP contribution in [0.4, 0.5) is 13.2 Å². The number of benzene rings is 1. The molecule has 0 unspecified atom stereocenters. The summed E-state index contributed by atoms with van der Waals surface area (Å²) in [4.78, 5) is 0. The van der Waals surface area contributed by atoms with Crippen LogP contribution in [0.5, 0.6) is 0 Å². The third-order valence-electron chi connectivity index (χ3n) is 2.53. The quantitative estimate of drug-likeness (QED) is 0.774. The Morgan fingerprint density at radius 2 is 1.73 bits per heavy atom. The molecule has 0 aliphatic carbocycles. The van der Waals surface area contributed by atoms with Gasteiger partial charge in [0.2, 0.25) is 0 Å². The lowest BCUT2D eigenvalue weighted by atomic mass is 9.81. The van der Waals surface area contributed by atoms with E-state index in [2.05, 4.69) is 0 Å². The Morgan fingerprint density at radius 1 is 1.13 bits per heavy atom. The lowest BCUT2D eigenvalue weighted by Crippen LogP contribution is -2.23. The van der Waals surface area contributed by atoms with Crippen molar-refractivity contribution < 1.29 is 13.2 Å². The minimum atomic E-state index is -1.42. The van der Waals surface area contributed by atoms with Crippen LogP contribution >= 0.6 is 0 Å². The lowest BCUT2D eigenvalue weighted by molar-refractivity contribution is 0.405. The van der Waals surface area contributed by atoms with Gasteiger partial charge in [-0.3, -0.25) is 0 Å². The van der Waals surface area contributed by atoms with Crippen molar-refractivity contribution in [2.45, 2.75) is 25.7 Å². The van der Waals surface area contributed by atoms with E-state index in [-0.39, 0.29) is 5.56 Å². The maximum absolute atomic E-state index is 13.4. The molecule has 0 aliphatic rings. The van der Waals surface area contributed by atoms with Gasteiger partial charge >= 0.3 is 0 Å². The summed E-state index contributed by atoms with van der Waals surface area (Å²) in [5.74, 6) is -3.70. The van der Waals surface area contributed by atoms with E-state index < -0.39 is 22.9 Å². The molecule has 1 aromatic rings. The van der Waals surface area contributed by atoms with Crippen molar-refractivity contribution in [1.82, 2.24) is 0 Å². The van der Waals surface area contributed by atoms with Crippen molar-refractivity contribution in [3.8, 4) is 0 Å². The molecular formula is C11H14F3N. The highest BCUT2D eigenvalue weighted by molar-refractivity contribution is 5.27. The summed E-state index contributed by atoms with van der Waals surface area (Å²) < 4.78 is 39.1. The Labute approximate surface area is 87.1 Å². The summed E-state index contributed by atoms with van der Waals surface area (Å²) in [5, 5.41) is 0. The van der Waals surface area contributed by atoms with Crippen molar-refractivity contribution >= 4 is 0 Å². The van der Waals surface area contributed by atoms with Gasteiger partial charge in [-0.1, -0.05) is 19.9 Å². The molecule has 0 atom stereocenters. The summed E-state index contributed by atoms with van der Waals surface area (Å²) in [5.41, 5.74) is 4.95. The predicted octanol–water partition coefficient (Wildman–Crippen LogP) is 2.73. The molecule has 0 aromatic heterocycles. The largest absolute Gasteiger partial charge is 0.330 e. The Morgan fingerprint density at radius 3 is 2.27 bits per heavy atom. The number of halogens is 3. The van der Waals surface area contributed by atoms with Crippen LogP contribution in [0.25, 0.3) is 0 Å². The van der Waals surface area contributed by atoms with Gasteiger partial charge in [0, 0.05) is 0 Å². The van der Waals surface area contributed by atoms with E-state index in [4.69, 9.17) is 5.73 Å². The second-order valence-corrected chi connectivity index (χ2v) is 4.15. The van der Waals surface area contributed by atoms with Gasteiger partial charge in [0.15, 0.2) is 17.5 Å². The molecule has 0 radical (unpaired) electrons. The van der Waals surface area contributed by atoms with E-state index in [9.17, 15) is 13.2 Å². The van der Waals surface area contributed by atoms with Crippen molar-refractivity contribution in [3.05, 3.63) is 35.1 Å². The molecule has 0 saturated heterocycles. The van der Waals surface area contributed by atoms with Crippen LogP contribution in [-0.4, -0.2) is 6.54 Å². The predicted molar refractivity (Wildman–Crippen MR) is 53.0 cm³/mol. The zero-order valence-electron chi connectivity index (χ0n) is 8.78. The smallest absolute Gasteiger partial charge is 0.194 e. The first-order valence-electron chi connectivity index (χ1n) is 4.74. The second-order valence-electron chi connectivity index (χ2n) is 4.15. The Balaban J connectivity index is 3.21. The van der Waals surface area contributed by atoms with Crippen LogP contribution in [0, 0.1) is 17.5 Å². The van der Waals surface area contributed by atoms with E-state index in [1.165, 1.54) is 6.07 Å². The molecule has 4 heteroatoms. The zero-order valence-corrected chi connectivity index (χ0v) is 8.78. The van der Waals surface area contributed by atoms with Crippen LogP contribution < -0.4 is 5.73 Å². The van der Waals surface area contributed by atoms with E-state index in [0.717, 1.165) is 6.07 Å². The topological polar surface area (TPSA) is 26.0 Å². The lowest BCUT2D eigenvalue weighted by Gasteiger charge is -2.25. The van der Waals surface area contributed by atoms with Gasteiger partial charge in [-0.25, -0.2) is 13.2 Å². The third kappa shape index (κ3) is 2.31. The van der Waals surface area contributed by atoms with Crippen molar-refractivity contribution in [3.63, 3.8) is 0 Å². The molecule has 0 aliphatic heterocycles. The van der Waals surface area contributed by atoms with E-state index in [1.54, 1.807) is 13.8 Å². The van der Waals surface area contributed by atoms with Gasteiger partial charge in [-0.2, -0.15) is 0 Å². The normalized spacial score (nSPS) is 11.9. The fraction of sp³-hybridized carbons (Fsp3) is 0.455.